The third kappa shape index (κ3) is 4.20. The maximum Gasteiger partial charge on any atom is 0.258 e. The summed E-state index contributed by atoms with van der Waals surface area (Å²) in [5.74, 6) is 1.09. The Labute approximate surface area is 165 Å². The Morgan fingerprint density at radius 3 is 2.77 bits per heavy atom. The maximum atomic E-state index is 12.7. The van der Waals surface area contributed by atoms with Gasteiger partial charge in [-0.15, -0.1) is 11.8 Å². The molecule has 0 fully saturated rings. The van der Waals surface area contributed by atoms with Crippen molar-refractivity contribution in [3.05, 3.63) is 69.2 Å². The van der Waals surface area contributed by atoms with E-state index in [1.54, 1.807) is 36.5 Å². The first-order valence-electron chi connectivity index (χ1n) is 7.71. The summed E-state index contributed by atoms with van der Waals surface area (Å²) in [5.41, 5.74) is 2.81. The summed E-state index contributed by atoms with van der Waals surface area (Å²) in [6, 6.07) is 8.35. The van der Waals surface area contributed by atoms with Gasteiger partial charge in [-0.1, -0.05) is 28.4 Å². The normalized spacial score (nSPS) is 10.8. The lowest BCUT2D eigenvalue weighted by atomic mass is 10.2. The van der Waals surface area contributed by atoms with Crippen LogP contribution in [0.15, 0.2) is 46.1 Å². The molecule has 1 N–H and O–H groups in total. The maximum absolute atomic E-state index is 12.7. The lowest BCUT2D eigenvalue weighted by Gasteiger charge is -2.10. The number of hydrogen-bond donors (Lipinski definition) is 1. The van der Waals surface area contributed by atoms with Crippen molar-refractivity contribution in [1.82, 2.24) is 10.1 Å². The van der Waals surface area contributed by atoms with Gasteiger partial charge in [-0.05, 0) is 44.2 Å². The number of pyridine rings is 1. The summed E-state index contributed by atoms with van der Waals surface area (Å²) < 4.78 is 5.17. The molecule has 0 aliphatic heterocycles. The molecule has 3 aromatic rings. The number of hydrogen-bond acceptors (Lipinski definition) is 5. The van der Waals surface area contributed by atoms with E-state index in [-0.39, 0.29) is 5.91 Å². The molecule has 3 rings (SSSR count). The van der Waals surface area contributed by atoms with Crippen molar-refractivity contribution in [2.75, 3.05) is 5.32 Å². The summed E-state index contributed by atoms with van der Waals surface area (Å²) in [5, 5.41) is 8.24. The molecule has 0 atom stereocenters. The highest BCUT2D eigenvalue weighted by Crippen LogP contribution is 2.29. The van der Waals surface area contributed by atoms with Crippen LogP contribution < -0.4 is 5.32 Å². The molecule has 1 aromatic carbocycles. The molecule has 0 aliphatic carbocycles. The van der Waals surface area contributed by atoms with Crippen LogP contribution >= 0.6 is 35.0 Å². The fourth-order valence-electron chi connectivity index (χ4n) is 2.31. The molecule has 0 spiro atoms. The topological polar surface area (TPSA) is 68.0 Å². The zero-order chi connectivity index (χ0) is 18.7. The number of amides is 1. The van der Waals surface area contributed by atoms with Gasteiger partial charge in [0, 0.05) is 22.5 Å². The number of aromatic nitrogens is 2. The second-order valence-corrected chi connectivity index (χ2v) is 7.33. The Hall–Kier alpha value is -2.02. The molecule has 0 unspecified atom stereocenters. The third-order valence-corrected chi connectivity index (χ3v) is 5.31. The van der Waals surface area contributed by atoms with E-state index in [0.717, 1.165) is 17.0 Å². The van der Waals surface area contributed by atoms with Crippen LogP contribution in [0.25, 0.3) is 0 Å². The Bertz CT molecular complexity index is 940. The van der Waals surface area contributed by atoms with Gasteiger partial charge in [0.1, 0.15) is 10.8 Å². The van der Waals surface area contributed by atoms with E-state index in [1.807, 2.05) is 13.8 Å². The smallest absolute Gasteiger partial charge is 0.258 e. The second kappa shape index (κ2) is 8.12. The summed E-state index contributed by atoms with van der Waals surface area (Å²) in [7, 11) is 0. The van der Waals surface area contributed by atoms with E-state index in [1.165, 1.54) is 11.8 Å². The van der Waals surface area contributed by atoms with Crippen molar-refractivity contribution in [2.45, 2.75) is 24.6 Å². The van der Waals surface area contributed by atoms with E-state index < -0.39 is 0 Å². The summed E-state index contributed by atoms with van der Waals surface area (Å²) in [4.78, 5) is 17.0. The average Bonchev–Trinajstić information content (AvgIpc) is 2.94. The SMILES string of the molecule is Cc1noc(C)c1CSc1ncccc1C(=O)Nc1ccc(Cl)cc1Cl. The van der Waals surface area contributed by atoms with Crippen LogP contribution in [0, 0.1) is 13.8 Å². The van der Waals surface area contributed by atoms with Crippen LogP contribution in [-0.2, 0) is 5.75 Å². The number of nitrogens with one attached hydrogen (secondary N) is 1. The molecule has 0 saturated carbocycles. The molecule has 26 heavy (non-hydrogen) atoms. The Balaban J connectivity index is 1.79. The van der Waals surface area contributed by atoms with E-state index in [4.69, 9.17) is 27.7 Å². The number of benzene rings is 1. The molecular weight excluding hydrogens is 393 g/mol. The molecule has 0 aliphatic rings. The van der Waals surface area contributed by atoms with Crippen LogP contribution in [0.2, 0.25) is 10.0 Å². The largest absolute Gasteiger partial charge is 0.361 e. The molecule has 0 radical (unpaired) electrons. The number of halogens is 2. The standard InChI is InChI=1S/C18H15Cl2N3O2S/c1-10-14(11(2)25-23-10)9-26-18-13(4-3-7-21-18)17(24)22-16-6-5-12(19)8-15(16)20/h3-8H,9H2,1-2H3,(H,22,24). The minimum absolute atomic E-state index is 0.288. The minimum atomic E-state index is -0.288. The van der Waals surface area contributed by atoms with E-state index in [0.29, 0.717) is 32.1 Å². The number of rotatable bonds is 5. The number of carbonyl (C=O) groups excluding carboxylic acids is 1. The van der Waals surface area contributed by atoms with Gasteiger partial charge < -0.3 is 9.84 Å². The minimum Gasteiger partial charge on any atom is -0.361 e. The summed E-state index contributed by atoms with van der Waals surface area (Å²) in [6.07, 6.45) is 1.65. The predicted octanol–water partition coefficient (Wildman–Crippen LogP) is 5.54. The number of anilines is 1. The van der Waals surface area contributed by atoms with Gasteiger partial charge in [-0.25, -0.2) is 4.98 Å². The number of aryl methyl sites for hydroxylation is 2. The van der Waals surface area contributed by atoms with Gasteiger partial charge in [0.05, 0.1) is 22.0 Å². The van der Waals surface area contributed by atoms with Crippen molar-refractivity contribution in [3.8, 4) is 0 Å². The van der Waals surface area contributed by atoms with Crippen LogP contribution in [0.4, 0.5) is 5.69 Å². The Morgan fingerprint density at radius 1 is 1.27 bits per heavy atom. The molecule has 0 saturated heterocycles. The van der Waals surface area contributed by atoms with E-state index in [9.17, 15) is 4.79 Å². The van der Waals surface area contributed by atoms with Crippen molar-refractivity contribution in [3.63, 3.8) is 0 Å². The average molecular weight is 408 g/mol. The molecule has 2 aromatic heterocycles. The molecule has 1 amide bonds. The third-order valence-electron chi connectivity index (χ3n) is 3.73. The van der Waals surface area contributed by atoms with Gasteiger partial charge >= 0.3 is 0 Å². The van der Waals surface area contributed by atoms with Crippen LogP contribution in [-0.4, -0.2) is 16.0 Å². The van der Waals surface area contributed by atoms with E-state index >= 15 is 0 Å². The van der Waals surface area contributed by atoms with Gasteiger partial charge in [-0.2, -0.15) is 0 Å². The van der Waals surface area contributed by atoms with Crippen molar-refractivity contribution >= 4 is 46.6 Å². The second-order valence-electron chi connectivity index (χ2n) is 5.53. The van der Waals surface area contributed by atoms with Crippen molar-refractivity contribution < 1.29 is 9.32 Å². The number of thioether (sulfide) groups is 1. The lowest BCUT2D eigenvalue weighted by Crippen LogP contribution is -2.14. The highest BCUT2D eigenvalue weighted by atomic mass is 35.5. The van der Waals surface area contributed by atoms with Crippen LogP contribution in [0.3, 0.4) is 0 Å². The lowest BCUT2D eigenvalue weighted by molar-refractivity contribution is 0.102. The Morgan fingerprint density at radius 2 is 2.08 bits per heavy atom. The quantitative estimate of drug-likeness (QED) is 0.562. The molecule has 5 nitrogen and oxygen atoms in total. The molecular formula is C18H15Cl2N3O2S. The van der Waals surface area contributed by atoms with Gasteiger partial charge in [0.2, 0.25) is 0 Å². The molecule has 2 heterocycles. The fraction of sp³-hybridized carbons (Fsp3) is 0.167. The highest BCUT2D eigenvalue weighted by molar-refractivity contribution is 7.98. The van der Waals surface area contributed by atoms with Crippen LogP contribution in [0.1, 0.15) is 27.4 Å². The molecule has 8 heteroatoms. The zero-order valence-corrected chi connectivity index (χ0v) is 16.4. The fourth-order valence-corrected chi connectivity index (χ4v) is 3.91. The molecule has 134 valence electrons. The number of nitrogens with zero attached hydrogens (tertiary/aromatic N) is 2. The highest BCUT2D eigenvalue weighted by Gasteiger charge is 2.16. The predicted molar refractivity (Wildman–Crippen MR) is 104 cm³/mol. The number of carbonyl (C=O) groups is 1. The monoisotopic (exact) mass is 407 g/mol. The first kappa shape index (κ1) is 18.8. The van der Waals surface area contributed by atoms with Crippen molar-refractivity contribution in [1.29, 1.82) is 0 Å². The molecule has 0 bridgehead atoms. The van der Waals surface area contributed by atoms with Gasteiger partial charge in [0.15, 0.2) is 0 Å². The summed E-state index contributed by atoms with van der Waals surface area (Å²) >= 11 is 13.5. The van der Waals surface area contributed by atoms with Gasteiger partial charge in [0.25, 0.3) is 5.91 Å². The van der Waals surface area contributed by atoms with Gasteiger partial charge in [-0.3, -0.25) is 4.79 Å². The first-order valence-corrected chi connectivity index (χ1v) is 9.46. The van der Waals surface area contributed by atoms with E-state index in [2.05, 4.69) is 15.5 Å². The van der Waals surface area contributed by atoms with Crippen LogP contribution in [0.5, 0.6) is 0 Å². The zero-order valence-electron chi connectivity index (χ0n) is 14.0. The first-order chi connectivity index (χ1) is 12.5. The Kier molecular flexibility index (Phi) is 5.86. The van der Waals surface area contributed by atoms with Crippen molar-refractivity contribution in [2.24, 2.45) is 0 Å². The summed E-state index contributed by atoms with van der Waals surface area (Å²) in [6.45, 7) is 3.76.